The Bertz CT molecular complexity index is 248. The molecule has 1 heterocycles. The van der Waals surface area contributed by atoms with E-state index in [1.165, 1.54) is 0 Å². The van der Waals surface area contributed by atoms with Gasteiger partial charge in [0.05, 0.1) is 11.6 Å². The van der Waals surface area contributed by atoms with Crippen molar-refractivity contribution in [3.8, 4) is 0 Å². The Hall–Kier alpha value is -0.710. The molecule has 5 heteroatoms. The summed E-state index contributed by atoms with van der Waals surface area (Å²) in [5, 5.41) is 2.82. The van der Waals surface area contributed by atoms with Crippen LogP contribution in [0.2, 0.25) is 0 Å². The Balaban J connectivity index is 2.37. The maximum Gasteiger partial charge on any atom is 0.240 e. The van der Waals surface area contributed by atoms with Crippen LogP contribution < -0.4 is 5.32 Å². The molecule has 80 valence electrons. The van der Waals surface area contributed by atoms with Crippen molar-refractivity contribution in [2.75, 3.05) is 18.2 Å². The minimum Gasteiger partial charge on any atom is -0.350 e. The topological polar surface area (TPSA) is 49.4 Å². The van der Waals surface area contributed by atoms with Crippen LogP contribution in [0.4, 0.5) is 0 Å². The van der Waals surface area contributed by atoms with Crippen LogP contribution in [-0.2, 0) is 9.59 Å². The monoisotopic (exact) mass is 216 g/mol. The molecule has 1 aliphatic rings. The molecule has 2 amide bonds. The molecule has 1 aliphatic heterocycles. The van der Waals surface area contributed by atoms with Gasteiger partial charge in [-0.15, -0.1) is 11.8 Å². The number of carbonyl (C=O) groups is 2. The molecule has 0 aromatic carbocycles. The SMILES string of the molecule is CC(C)(C)NC(=O)CN1CSCC1=O. The maximum absolute atomic E-state index is 11.4. The Labute approximate surface area is 88.4 Å². The molecule has 14 heavy (non-hydrogen) atoms. The Kier molecular flexibility index (Phi) is 3.42. The van der Waals surface area contributed by atoms with Gasteiger partial charge >= 0.3 is 0 Å². The summed E-state index contributed by atoms with van der Waals surface area (Å²) >= 11 is 1.55. The molecule has 4 nitrogen and oxygen atoms in total. The second-order valence-electron chi connectivity index (χ2n) is 4.37. The molecular weight excluding hydrogens is 200 g/mol. The number of hydrogen-bond donors (Lipinski definition) is 1. The van der Waals surface area contributed by atoms with Gasteiger partial charge in [-0.25, -0.2) is 0 Å². The predicted octanol–water partition coefficient (Wildman–Crippen LogP) is 0.434. The number of thioether (sulfide) groups is 1. The number of nitrogens with zero attached hydrogens (tertiary/aromatic N) is 1. The van der Waals surface area contributed by atoms with E-state index in [9.17, 15) is 9.59 Å². The van der Waals surface area contributed by atoms with E-state index in [0.29, 0.717) is 11.6 Å². The van der Waals surface area contributed by atoms with E-state index in [2.05, 4.69) is 5.32 Å². The quantitative estimate of drug-likeness (QED) is 0.728. The van der Waals surface area contributed by atoms with Crippen LogP contribution in [0.25, 0.3) is 0 Å². The average molecular weight is 216 g/mol. The largest absolute Gasteiger partial charge is 0.350 e. The molecule has 0 radical (unpaired) electrons. The zero-order valence-corrected chi connectivity index (χ0v) is 9.61. The van der Waals surface area contributed by atoms with Gasteiger partial charge in [0.25, 0.3) is 0 Å². The van der Waals surface area contributed by atoms with Crippen LogP contribution >= 0.6 is 11.8 Å². The van der Waals surface area contributed by atoms with E-state index < -0.39 is 0 Å². The Morgan fingerprint density at radius 3 is 2.64 bits per heavy atom. The molecule has 1 fully saturated rings. The van der Waals surface area contributed by atoms with Crippen molar-refractivity contribution in [3.05, 3.63) is 0 Å². The molecule has 0 atom stereocenters. The summed E-state index contributed by atoms with van der Waals surface area (Å²) in [5.41, 5.74) is -0.229. The van der Waals surface area contributed by atoms with Gasteiger partial charge in [-0.05, 0) is 20.8 Å². The van der Waals surface area contributed by atoms with Gasteiger partial charge in [-0.3, -0.25) is 9.59 Å². The van der Waals surface area contributed by atoms with Crippen LogP contribution in [0.15, 0.2) is 0 Å². The summed E-state index contributed by atoms with van der Waals surface area (Å²) in [4.78, 5) is 24.2. The van der Waals surface area contributed by atoms with Gasteiger partial charge in [0.2, 0.25) is 11.8 Å². The van der Waals surface area contributed by atoms with Crippen molar-refractivity contribution in [3.63, 3.8) is 0 Å². The number of nitrogens with one attached hydrogen (secondary N) is 1. The highest BCUT2D eigenvalue weighted by Crippen LogP contribution is 2.14. The third-order valence-electron chi connectivity index (χ3n) is 1.67. The highest BCUT2D eigenvalue weighted by atomic mass is 32.2. The summed E-state index contributed by atoms with van der Waals surface area (Å²) in [7, 11) is 0. The van der Waals surface area contributed by atoms with Gasteiger partial charge in [0.1, 0.15) is 6.54 Å². The molecule has 0 aliphatic carbocycles. The van der Waals surface area contributed by atoms with Gasteiger partial charge < -0.3 is 10.2 Å². The lowest BCUT2D eigenvalue weighted by Crippen LogP contribution is -2.46. The van der Waals surface area contributed by atoms with E-state index in [-0.39, 0.29) is 23.9 Å². The first-order valence-electron chi connectivity index (χ1n) is 4.55. The highest BCUT2D eigenvalue weighted by Gasteiger charge is 2.24. The van der Waals surface area contributed by atoms with E-state index in [1.807, 2.05) is 20.8 Å². The van der Waals surface area contributed by atoms with Crippen molar-refractivity contribution in [2.24, 2.45) is 0 Å². The first-order valence-corrected chi connectivity index (χ1v) is 5.70. The van der Waals surface area contributed by atoms with E-state index in [4.69, 9.17) is 0 Å². The van der Waals surface area contributed by atoms with Crippen molar-refractivity contribution >= 4 is 23.6 Å². The first-order chi connectivity index (χ1) is 6.38. The van der Waals surface area contributed by atoms with Crippen LogP contribution in [0.1, 0.15) is 20.8 Å². The van der Waals surface area contributed by atoms with Crippen molar-refractivity contribution in [1.29, 1.82) is 0 Å². The van der Waals surface area contributed by atoms with E-state index in [0.717, 1.165) is 0 Å². The lowest BCUT2D eigenvalue weighted by atomic mass is 10.1. The lowest BCUT2D eigenvalue weighted by molar-refractivity contribution is -0.133. The fourth-order valence-corrected chi connectivity index (χ4v) is 2.08. The molecule has 0 aromatic heterocycles. The van der Waals surface area contributed by atoms with Gasteiger partial charge in [-0.1, -0.05) is 0 Å². The molecule has 0 bridgehead atoms. The van der Waals surface area contributed by atoms with Crippen LogP contribution in [0, 0.1) is 0 Å². The zero-order valence-electron chi connectivity index (χ0n) is 8.79. The van der Waals surface area contributed by atoms with E-state index in [1.54, 1.807) is 16.7 Å². The minimum atomic E-state index is -0.229. The smallest absolute Gasteiger partial charge is 0.240 e. The second-order valence-corrected chi connectivity index (χ2v) is 5.32. The molecule has 1 saturated heterocycles. The highest BCUT2D eigenvalue weighted by molar-refractivity contribution is 8.00. The molecule has 0 saturated carbocycles. The fourth-order valence-electron chi connectivity index (χ4n) is 1.17. The van der Waals surface area contributed by atoms with Crippen LogP contribution in [0.3, 0.4) is 0 Å². The number of hydrogen-bond acceptors (Lipinski definition) is 3. The summed E-state index contributed by atoms with van der Waals surface area (Å²) in [6.45, 7) is 5.95. The molecular formula is C9H16N2O2S. The van der Waals surface area contributed by atoms with Crippen molar-refractivity contribution in [2.45, 2.75) is 26.3 Å². The summed E-state index contributed by atoms with van der Waals surface area (Å²) in [5.74, 6) is 1.10. The summed E-state index contributed by atoms with van der Waals surface area (Å²) in [6.07, 6.45) is 0. The number of amides is 2. The van der Waals surface area contributed by atoms with Crippen molar-refractivity contribution in [1.82, 2.24) is 10.2 Å². The lowest BCUT2D eigenvalue weighted by Gasteiger charge is -2.22. The second kappa shape index (κ2) is 4.21. The average Bonchev–Trinajstić information content (AvgIpc) is 2.32. The first kappa shape index (κ1) is 11.4. The molecule has 1 rings (SSSR count). The maximum atomic E-state index is 11.4. The zero-order chi connectivity index (χ0) is 10.8. The van der Waals surface area contributed by atoms with Crippen molar-refractivity contribution < 1.29 is 9.59 Å². The Morgan fingerprint density at radius 1 is 1.57 bits per heavy atom. The third-order valence-corrected chi connectivity index (χ3v) is 2.62. The summed E-state index contributed by atoms with van der Waals surface area (Å²) in [6, 6.07) is 0. The van der Waals surface area contributed by atoms with Gasteiger partial charge in [0, 0.05) is 5.54 Å². The molecule has 0 spiro atoms. The predicted molar refractivity (Wildman–Crippen MR) is 56.9 cm³/mol. The molecule has 0 aromatic rings. The van der Waals surface area contributed by atoms with Crippen LogP contribution in [-0.4, -0.2) is 40.4 Å². The van der Waals surface area contributed by atoms with E-state index >= 15 is 0 Å². The Morgan fingerprint density at radius 2 is 2.21 bits per heavy atom. The molecule has 1 N–H and O–H groups in total. The summed E-state index contributed by atoms with van der Waals surface area (Å²) < 4.78 is 0. The van der Waals surface area contributed by atoms with Gasteiger partial charge in [0.15, 0.2) is 0 Å². The van der Waals surface area contributed by atoms with Gasteiger partial charge in [-0.2, -0.15) is 0 Å². The number of rotatable bonds is 2. The minimum absolute atomic E-state index is 0.0547. The fraction of sp³-hybridized carbons (Fsp3) is 0.778. The third kappa shape index (κ3) is 3.57. The number of carbonyl (C=O) groups excluding carboxylic acids is 2. The van der Waals surface area contributed by atoms with Crippen LogP contribution in [0.5, 0.6) is 0 Å². The normalized spacial score (nSPS) is 17.4. The molecule has 0 unspecified atom stereocenters. The standard InChI is InChI=1S/C9H16N2O2S/c1-9(2,3)10-7(12)4-11-6-14-5-8(11)13/h4-6H2,1-3H3,(H,10,12).